The van der Waals surface area contributed by atoms with E-state index in [1.54, 1.807) is 0 Å². The predicted octanol–water partition coefficient (Wildman–Crippen LogP) is 3.23. The van der Waals surface area contributed by atoms with Crippen molar-refractivity contribution in [3.8, 4) is 11.5 Å². The second-order valence-corrected chi connectivity index (χ2v) is 5.43. The minimum Gasteiger partial charge on any atom is -0.506 e. The van der Waals surface area contributed by atoms with Crippen LogP contribution in [0.2, 0.25) is 0 Å². The third kappa shape index (κ3) is 4.21. The lowest BCUT2D eigenvalue weighted by atomic mass is 9.91. The minimum atomic E-state index is -4.40. The molecule has 0 saturated carbocycles. The van der Waals surface area contributed by atoms with Crippen molar-refractivity contribution in [2.45, 2.75) is 19.0 Å². The summed E-state index contributed by atoms with van der Waals surface area (Å²) in [5.74, 6) is -1.96. The first-order chi connectivity index (χ1) is 10.7. The molecule has 0 heterocycles. The van der Waals surface area contributed by atoms with E-state index in [9.17, 15) is 23.4 Å². The first kappa shape index (κ1) is 16.8. The summed E-state index contributed by atoms with van der Waals surface area (Å²) in [5.41, 5.74) is 11.9. The molecule has 2 aromatic carbocycles. The van der Waals surface area contributed by atoms with Gasteiger partial charge in [-0.05, 0) is 48.2 Å². The van der Waals surface area contributed by atoms with Gasteiger partial charge in [0.05, 0.1) is 17.3 Å². The van der Waals surface area contributed by atoms with Gasteiger partial charge in [0.2, 0.25) is 0 Å². The number of halogens is 3. The Morgan fingerprint density at radius 3 is 1.52 bits per heavy atom. The maximum absolute atomic E-state index is 13.3. The fourth-order valence-electron chi connectivity index (χ4n) is 2.33. The van der Waals surface area contributed by atoms with Crippen LogP contribution in [0.4, 0.5) is 24.5 Å². The molecule has 2 rings (SSSR count). The molecule has 0 fully saturated rings. The van der Waals surface area contributed by atoms with Crippen LogP contribution >= 0.6 is 0 Å². The van der Waals surface area contributed by atoms with Crippen molar-refractivity contribution >= 4 is 11.4 Å². The van der Waals surface area contributed by atoms with Crippen LogP contribution < -0.4 is 11.5 Å². The number of benzene rings is 2. The maximum Gasteiger partial charge on any atom is 0.392 e. The Labute approximate surface area is 131 Å². The number of nitrogens with two attached hydrogens (primary N) is 2. The van der Waals surface area contributed by atoms with E-state index in [1.807, 2.05) is 0 Å². The van der Waals surface area contributed by atoms with Gasteiger partial charge >= 0.3 is 6.18 Å². The summed E-state index contributed by atoms with van der Waals surface area (Å²) in [5, 5.41) is 18.7. The van der Waals surface area contributed by atoms with Gasteiger partial charge < -0.3 is 21.7 Å². The molecule has 0 spiro atoms. The molecule has 0 aromatic heterocycles. The average molecular weight is 326 g/mol. The topological polar surface area (TPSA) is 92.5 Å². The Kier molecular flexibility index (Phi) is 4.58. The Morgan fingerprint density at radius 1 is 0.826 bits per heavy atom. The van der Waals surface area contributed by atoms with E-state index >= 15 is 0 Å². The highest BCUT2D eigenvalue weighted by Gasteiger charge is 2.39. The van der Waals surface area contributed by atoms with Crippen LogP contribution in [0.3, 0.4) is 0 Å². The highest BCUT2D eigenvalue weighted by atomic mass is 19.4. The minimum absolute atomic E-state index is 0.0392. The summed E-state index contributed by atoms with van der Waals surface area (Å²) in [6, 6.07) is 8.04. The van der Waals surface area contributed by atoms with Gasteiger partial charge in [-0.2, -0.15) is 13.2 Å². The molecule has 4 nitrogen and oxygen atoms in total. The lowest BCUT2D eigenvalue weighted by molar-refractivity contribution is -0.173. The summed E-state index contributed by atoms with van der Waals surface area (Å²) in [4.78, 5) is 0. The van der Waals surface area contributed by atoms with Crippen molar-refractivity contribution in [1.29, 1.82) is 0 Å². The molecule has 23 heavy (non-hydrogen) atoms. The smallest absolute Gasteiger partial charge is 0.392 e. The molecular weight excluding hydrogens is 309 g/mol. The maximum atomic E-state index is 13.3. The fraction of sp³-hybridized carbons (Fsp3) is 0.250. The molecule has 2 aromatic rings. The number of alkyl halides is 3. The van der Waals surface area contributed by atoms with Gasteiger partial charge in [0.25, 0.3) is 0 Å². The zero-order valence-corrected chi connectivity index (χ0v) is 12.1. The van der Waals surface area contributed by atoms with Gasteiger partial charge in [0.1, 0.15) is 11.5 Å². The molecule has 0 atom stereocenters. The summed E-state index contributed by atoms with van der Waals surface area (Å²) < 4.78 is 39.9. The van der Waals surface area contributed by atoms with Crippen molar-refractivity contribution in [1.82, 2.24) is 0 Å². The average Bonchev–Trinajstić information content (AvgIpc) is 2.45. The molecule has 0 bridgehead atoms. The summed E-state index contributed by atoms with van der Waals surface area (Å²) in [6.45, 7) is 0. The fourth-order valence-corrected chi connectivity index (χ4v) is 2.33. The van der Waals surface area contributed by atoms with Gasteiger partial charge in [0, 0.05) is 0 Å². The number of phenols is 2. The molecule has 7 heteroatoms. The predicted molar refractivity (Wildman–Crippen MR) is 82.0 cm³/mol. The molecule has 0 aliphatic carbocycles. The number of nitrogen functional groups attached to an aromatic ring is 2. The highest BCUT2D eigenvalue weighted by Crippen LogP contribution is 2.34. The lowest BCUT2D eigenvalue weighted by Crippen LogP contribution is -2.27. The van der Waals surface area contributed by atoms with Crippen LogP contribution in [0.15, 0.2) is 36.4 Å². The zero-order chi connectivity index (χ0) is 17.2. The van der Waals surface area contributed by atoms with Crippen LogP contribution in [0.1, 0.15) is 11.1 Å². The number of rotatable bonds is 4. The summed E-state index contributed by atoms with van der Waals surface area (Å²) >= 11 is 0. The summed E-state index contributed by atoms with van der Waals surface area (Å²) in [6.07, 6.45) is -4.94. The molecule has 0 saturated heterocycles. The quantitative estimate of drug-likeness (QED) is 0.513. The van der Waals surface area contributed by atoms with Crippen LogP contribution in [0, 0.1) is 5.92 Å². The number of anilines is 2. The van der Waals surface area contributed by atoms with Gasteiger partial charge in [-0.3, -0.25) is 0 Å². The number of hydrogen-bond acceptors (Lipinski definition) is 4. The largest absolute Gasteiger partial charge is 0.506 e. The zero-order valence-electron chi connectivity index (χ0n) is 12.1. The van der Waals surface area contributed by atoms with Crippen LogP contribution in [-0.2, 0) is 12.8 Å². The first-order valence-electron chi connectivity index (χ1n) is 6.88. The Morgan fingerprint density at radius 2 is 1.22 bits per heavy atom. The van der Waals surface area contributed by atoms with Crippen molar-refractivity contribution in [3.05, 3.63) is 47.5 Å². The van der Waals surface area contributed by atoms with Gasteiger partial charge in [0.15, 0.2) is 0 Å². The number of aromatic hydroxyl groups is 2. The Hall–Kier alpha value is -2.57. The van der Waals surface area contributed by atoms with E-state index in [-0.39, 0.29) is 35.7 Å². The van der Waals surface area contributed by atoms with Crippen molar-refractivity contribution in [3.63, 3.8) is 0 Å². The van der Waals surface area contributed by atoms with E-state index in [0.717, 1.165) is 0 Å². The first-order valence-corrected chi connectivity index (χ1v) is 6.88. The summed E-state index contributed by atoms with van der Waals surface area (Å²) in [7, 11) is 0. The molecule has 0 amide bonds. The SMILES string of the molecule is Nc1cc(CC(Cc2ccc(O)c(N)c2)C(F)(F)F)ccc1O. The second kappa shape index (κ2) is 6.28. The van der Waals surface area contributed by atoms with E-state index in [2.05, 4.69) is 0 Å². The Bertz CT molecular complexity index is 649. The van der Waals surface area contributed by atoms with Crippen molar-refractivity contribution < 1.29 is 23.4 Å². The van der Waals surface area contributed by atoms with E-state index in [0.29, 0.717) is 11.1 Å². The van der Waals surface area contributed by atoms with Crippen LogP contribution in [0.5, 0.6) is 11.5 Å². The van der Waals surface area contributed by atoms with Crippen LogP contribution in [0.25, 0.3) is 0 Å². The molecule has 0 aliphatic heterocycles. The number of hydrogen-bond donors (Lipinski definition) is 4. The molecule has 124 valence electrons. The molecular formula is C16H17F3N2O2. The van der Waals surface area contributed by atoms with E-state index in [1.165, 1.54) is 36.4 Å². The lowest BCUT2D eigenvalue weighted by Gasteiger charge is -2.21. The van der Waals surface area contributed by atoms with Crippen molar-refractivity contribution in [2.75, 3.05) is 11.5 Å². The monoisotopic (exact) mass is 326 g/mol. The van der Waals surface area contributed by atoms with E-state index < -0.39 is 12.1 Å². The number of phenolic OH excluding ortho intramolecular Hbond substituents is 2. The van der Waals surface area contributed by atoms with Gasteiger partial charge in [-0.1, -0.05) is 12.1 Å². The normalized spacial score (nSPS) is 11.8. The molecule has 0 aliphatic rings. The molecule has 6 N–H and O–H groups in total. The highest BCUT2D eigenvalue weighted by molar-refractivity contribution is 5.54. The van der Waals surface area contributed by atoms with Gasteiger partial charge in [-0.15, -0.1) is 0 Å². The van der Waals surface area contributed by atoms with Crippen LogP contribution in [-0.4, -0.2) is 16.4 Å². The third-order valence-corrected chi connectivity index (χ3v) is 3.61. The standard InChI is InChI=1S/C16H17F3N2O2/c17-16(18,19)11(5-9-1-3-14(22)12(20)7-9)6-10-2-4-15(23)13(21)8-10/h1-4,7-8,11,22-23H,5-6,20-21H2. The van der Waals surface area contributed by atoms with Gasteiger partial charge in [-0.25, -0.2) is 0 Å². The third-order valence-electron chi connectivity index (χ3n) is 3.61. The Balaban J connectivity index is 2.23. The van der Waals surface area contributed by atoms with Crippen molar-refractivity contribution in [2.24, 2.45) is 5.92 Å². The van der Waals surface area contributed by atoms with E-state index in [4.69, 9.17) is 11.5 Å². The molecule has 0 unspecified atom stereocenters. The second-order valence-electron chi connectivity index (χ2n) is 5.43. The molecule has 0 radical (unpaired) electrons.